The molecule has 1 atom stereocenters. The van der Waals surface area contributed by atoms with Crippen LogP contribution in [0.3, 0.4) is 0 Å². The summed E-state index contributed by atoms with van der Waals surface area (Å²) in [5.74, 6) is 1.19. The van der Waals surface area contributed by atoms with Gasteiger partial charge in [0, 0.05) is 26.1 Å². The third-order valence-electron chi connectivity index (χ3n) is 2.27. The largest absolute Gasteiger partial charge is 0.358 e. The van der Waals surface area contributed by atoms with Crippen LogP contribution in [0.1, 0.15) is 19.7 Å². The summed E-state index contributed by atoms with van der Waals surface area (Å²) in [5, 5.41) is 8.72. The predicted molar refractivity (Wildman–Crippen MR) is 62.3 cm³/mol. The lowest BCUT2D eigenvalue weighted by atomic mass is 10.2. The fourth-order valence-corrected chi connectivity index (χ4v) is 1.40. The van der Waals surface area contributed by atoms with Crippen LogP contribution >= 0.6 is 0 Å². The lowest BCUT2D eigenvalue weighted by Crippen LogP contribution is -2.26. The molecular formula is C11H16N4O. The second kappa shape index (κ2) is 5.31. The van der Waals surface area contributed by atoms with Gasteiger partial charge in [0.2, 0.25) is 0 Å². The highest BCUT2D eigenvalue weighted by molar-refractivity contribution is 5.36. The Kier molecular flexibility index (Phi) is 4.06. The molecule has 1 unspecified atom stereocenters. The lowest BCUT2D eigenvalue weighted by molar-refractivity contribution is 0.705. The maximum atomic E-state index is 11.3. The molecule has 0 aromatic carbocycles. The fraction of sp³-hybridized carbons (Fsp3) is 0.545. The molecule has 5 nitrogen and oxygen atoms in total. The predicted octanol–water partition coefficient (Wildman–Crippen LogP) is 0.928. The van der Waals surface area contributed by atoms with Crippen molar-refractivity contribution in [2.45, 2.75) is 20.3 Å². The number of hydrogen-bond donors (Lipinski definition) is 1. The van der Waals surface area contributed by atoms with E-state index in [0.29, 0.717) is 24.6 Å². The number of hydrogen-bond acceptors (Lipinski definition) is 4. The molecule has 0 bridgehead atoms. The average Bonchev–Trinajstić information content (AvgIpc) is 2.27. The lowest BCUT2D eigenvalue weighted by Gasteiger charge is -2.19. The van der Waals surface area contributed by atoms with E-state index in [1.807, 2.05) is 25.8 Å². The standard InChI is InChI=1S/C11H16N4O/c1-4-9-13-10(5-11(16)14-9)15(3)7-8(2)6-12/h5,8H,4,7H2,1-3H3,(H,13,14,16). The Bertz CT molecular complexity index is 446. The summed E-state index contributed by atoms with van der Waals surface area (Å²) < 4.78 is 0. The molecule has 0 aliphatic carbocycles. The van der Waals surface area contributed by atoms with Gasteiger partial charge in [-0.1, -0.05) is 6.92 Å². The first-order chi connectivity index (χ1) is 7.56. The molecule has 0 radical (unpaired) electrons. The van der Waals surface area contributed by atoms with Crippen molar-refractivity contribution in [1.82, 2.24) is 9.97 Å². The summed E-state index contributed by atoms with van der Waals surface area (Å²) in [6, 6.07) is 3.60. The van der Waals surface area contributed by atoms with Gasteiger partial charge in [-0.15, -0.1) is 0 Å². The Hall–Kier alpha value is -1.83. The number of nitrogens with one attached hydrogen (secondary N) is 1. The van der Waals surface area contributed by atoms with Gasteiger partial charge in [-0.3, -0.25) is 4.79 Å². The summed E-state index contributed by atoms with van der Waals surface area (Å²) in [4.78, 5) is 20.1. The molecule has 1 aromatic heterocycles. The normalized spacial score (nSPS) is 11.9. The molecule has 0 aliphatic rings. The van der Waals surface area contributed by atoms with Crippen LogP contribution in [-0.2, 0) is 6.42 Å². The topological polar surface area (TPSA) is 72.8 Å². The van der Waals surface area contributed by atoms with Gasteiger partial charge < -0.3 is 9.88 Å². The van der Waals surface area contributed by atoms with E-state index < -0.39 is 0 Å². The number of nitriles is 1. The number of anilines is 1. The molecule has 0 spiro atoms. The van der Waals surface area contributed by atoms with E-state index >= 15 is 0 Å². The second-order valence-electron chi connectivity index (χ2n) is 3.81. The highest BCUT2D eigenvalue weighted by Gasteiger charge is 2.09. The van der Waals surface area contributed by atoms with Crippen molar-refractivity contribution in [3.63, 3.8) is 0 Å². The van der Waals surface area contributed by atoms with Crippen LogP contribution in [0.4, 0.5) is 5.82 Å². The van der Waals surface area contributed by atoms with E-state index in [-0.39, 0.29) is 11.5 Å². The minimum atomic E-state index is -0.154. The zero-order chi connectivity index (χ0) is 12.1. The van der Waals surface area contributed by atoms with Crippen molar-refractivity contribution in [2.24, 2.45) is 5.92 Å². The minimum Gasteiger partial charge on any atom is -0.358 e. The summed E-state index contributed by atoms with van der Waals surface area (Å²) in [6.07, 6.45) is 0.685. The van der Waals surface area contributed by atoms with Gasteiger partial charge in [0.1, 0.15) is 11.6 Å². The number of aromatic nitrogens is 2. The van der Waals surface area contributed by atoms with Gasteiger partial charge in [0.15, 0.2) is 0 Å². The summed E-state index contributed by atoms with van der Waals surface area (Å²) >= 11 is 0. The molecular weight excluding hydrogens is 204 g/mol. The van der Waals surface area contributed by atoms with Crippen LogP contribution < -0.4 is 10.5 Å². The molecule has 1 heterocycles. The molecule has 0 amide bonds. The first-order valence-electron chi connectivity index (χ1n) is 5.27. The summed E-state index contributed by atoms with van der Waals surface area (Å²) in [7, 11) is 1.83. The van der Waals surface area contributed by atoms with E-state index in [4.69, 9.17) is 5.26 Å². The summed E-state index contributed by atoms with van der Waals surface area (Å²) in [6.45, 7) is 4.33. The number of rotatable bonds is 4. The minimum absolute atomic E-state index is 0.0869. The fourth-order valence-electron chi connectivity index (χ4n) is 1.40. The van der Waals surface area contributed by atoms with E-state index in [1.165, 1.54) is 6.07 Å². The van der Waals surface area contributed by atoms with Gasteiger partial charge in [-0.25, -0.2) is 4.98 Å². The third-order valence-corrected chi connectivity index (χ3v) is 2.27. The SMILES string of the molecule is CCc1nc(N(C)CC(C)C#N)cc(=O)[nH]1. The zero-order valence-corrected chi connectivity index (χ0v) is 9.82. The number of nitrogens with zero attached hydrogens (tertiary/aromatic N) is 3. The van der Waals surface area contributed by atoms with Crippen molar-refractivity contribution in [2.75, 3.05) is 18.5 Å². The van der Waals surface area contributed by atoms with Crippen molar-refractivity contribution in [3.8, 4) is 6.07 Å². The maximum Gasteiger partial charge on any atom is 0.252 e. The monoisotopic (exact) mass is 220 g/mol. The highest BCUT2D eigenvalue weighted by atomic mass is 16.1. The van der Waals surface area contributed by atoms with E-state index in [1.54, 1.807) is 0 Å². The van der Waals surface area contributed by atoms with Crippen molar-refractivity contribution >= 4 is 5.82 Å². The van der Waals surface area contributed by atoms with Crippen molar-refractivity contribution in [3.05, 3.63) is 22.2 Å². The Morgan fingerprint density at radius 3 is 2.94 bits per heavy atom. The quantitative estimate of drug-likeness (QED) is 0.819. The Morgan fingerprint density at radius 2 is 2.38 bits per heavy atom. The molecule has 1 rings (SSSR count). The Morgan fingerprint density at radius 1 is 1.69 bits per heavy atom. The van der Waals surface area contributed by atoms with E-state index in [2.05, 4.69) is 16.0 Å². The van der Waals surface area contributed by atoms with Crippen LogP contribution in [0.25, 0.3) is 0 Å². The Labute approximate surface area is 94.7 Å². The maximum absolute atomic E-state index is 11.3. The average molecular weight is 220 g/mol. The van der Waals surface area contributed by atoms with Crippen LogP contribution in [-0.4, -0.2) is 23.6 Å². The number of aryl methyl sites for hydroxylation is 1. The molecule has 0 aliphatic heterocycles. The molecule has 86 valence electrons. The van der Waals surface area contributed by atoms with Gasteiger partial charge >= 0.3 is 0 Å². The van der Waals surface area contributed by atoms with Crippen LogP contribution in [0, 0.1) is 17.2 Å². The van der Waals surface area contributed by atoms with Crippen LogP contribution in [0.2, 0.25) is 0 Å². The molecule has 0 saturated heterocycles. The van der Waals surface area contributed by atoms with Crippen LogP contribution in [0.5, 0.6) is 0 Å². The Balaban J connectivity index is 2.91. The van der Waals surface area contributed by atoms with Crippen molar-refractivity contribution in [1.29, 1.82) is 5.26 Å². The number of aromatic amines is 1. The van der Waals surface area contributed by atoms with Gasteiger partial charge in [-0.2, -0.15) is 5.26 Å². The first kappa shape index (κ1) is 12.2. The van der Waals surface area contributed by atoms with Crippen molar-refractivity contribution < 1.29 is 0 Å². The summed E-state index contributed by atoms with van der Waals surface area (Å²) in [5.41, 5.74) is -0.154. The smallest absolute Gasteiger partial charge is 0.252 e. The molecule has 16 heavy (non-hydrogen) atoms. The molecule has 1 aromatic rings. The molecule has 0 fully saturated rings. The molecule has 5 heteroatoms. The van der Waals surface area contributed by atoms with E-state index in [0.717, 1.165) is 0 Å². The third kappa shape index (κ3) is 3.09. The van der Waals surface area contributed by atoms with Gasteiger partial charge in [0.05, 0.1) is 12.0 Å². The highest BCUT2D eigenvalue weighted by Crippen LogP contribution is 2.08. The van der Waals surface area contributed by atoms with E-state index in [9.17, 15) is 4.79 Å². The van der Waals surface area contributed by atoms with Crippen LogP contribution in [0.15, 0.2) is 10.9 Å². The molecule has 1 N–H and O–H groups in total. The number of H-pyrrole nitrogens is 1. The zero-order valence-electron chi connectivity index (χ0n) is 9.82. The molecule has 0 saturated carbocycles. The van der Waals surface area contributed by atoms with Gasteiger partial charge in [0.25, 0.3) is 5.56 Å². The van der Waals surface area contributed by atoms with Gasteiger partial charge in [-0.05, 0) is 6.92 Å². The first-order valence-corrected chi connectivity index (χ1v) is 5.27. The second-order valence-corrected chi connectivity index (χ2v) is 3.81.